The number of para-hydroxylation sites is 1. The lowest BCUT2D eigenvalue weighted by Gasteiger charge is -2.58. The summed E-state index contributed by atoms with van der Waals surface area (Å²) in [6, 6.07) is 7.96. The summed E-state index contributed by atoms with van der Waals surface area (Å²) in [5, 5.41) is 24.1. The van der Waals surface area contributed by atoms with Gasteiger partial charge in [-0.15, -0.1) is 0 Å². The Morgan fingerprint density at radius 3 is 2.70 bits per heavy atom. The second kappa shape index (κ2) is 8.61. The molecule has 0 aromatic heterocycles. The van der Waals surface area contributed by atoms with Crippen LogP contribution in [0.2, 0.25) is 0 Å². The zero-order valence-electron chi connectivity index (χ0n) is 20.3. The molecule has 3 fully saturated rings. The van der Waals surface area contributed by atoms with Crippen LogP contribution >= 0.6 is 0 Å². The van der Waals surface area contributed by atoms with Gasteiger partial charge in [-0.25, -0.2) is 0 Å². The zero-order valence-corrected chi connectivity index (χ0v) is 20.3. The molecule has 4 nitrogen and oxygen atoms in total. The Morgan fingerprint density at radius 2 is 1.91 bits per heavy atom. The van der Waals surface area contributed by atoms with Crippen LogP contribution in [0.15, 0.2) is 47.1 Å². The molecular formula is C29H39NO3. The third-order valence-electron chi connectivity index (χ3n) is 10.1. The highest BCUT2D eigenvalue weighted by Crippen LogP contribution is 2.66. The van der Waals surface area contributed by atoms with Gasteiger partial charge in [-0.05, 0) is 98.2 Å². The molecule has 0 amide bonds. The lowest BCUT2D eigenvalue weighted by molar-refractivity contribution is -0.0424. The molecular weight excluding hydrogens is 410 g/mol. The van der Waals surface area contributed by atoms with E-state index in [0.29, 0.717) is 11.8 Å². The summed E-state index contributed by atoms with van der Waals surface area (Å²) < 4.78 is 5.49. The van der Waals surface area contributed by atoms with Crippen molar-refractivity contribution in [2.45, 2.75) is 71.3 Å². The summed E-state index contributed by atoms with van der Waals surface area (Å²) in [6.07, 6.45) is 15.2. The van der Waals surface area contributed by atoms with Crippen molar-refractivity contribution < 1.29 is 15.1 Å². The number of allylic oxidation sites excluding steroid dienone is 2. The van der Waals surface area contributed by atoms with Crippen LogP contribution in [0.5, 0.6) is 5.75 Å². The molecule has 178 valence electrons. The van der Waals surface area contributed by atoms with Crippen LogP contribution in [0, 0.1) is 34.5 Å². The fraction of sp³-hybridized carbons (Fsp3) is 0.621. The summed E-state index contributed by atoms with van der Waals surface area (Å²) in [4.78, 5) is 0. The van der Waals surface area contributed by atoms with Gasteiger partial charge in [0.05, 0.1) is 18.9 Å². The molecule has 0 aliphatic heterocycles. The Hall–Kier alpha value is -2.07. The lowest BCUT2D eigenvalue weighted by Crippen LogP contribution is -2.51. The standard InChI is InChI=1S/C29H39NO3/c1-28-16-14-21(31)18-20(28)9-10-22-23-11-12-25(29(23,2)17-15-24(22)28)26(30-32)13-8-19-6-4-5-7-27(19)33-3/h4-9,13,21-25,31-32H,10-12,14-18H2,1-3H3/b13-8+,30-26-/t21?,22-,23-,24-,25+,28-,29-/m0/s1. The summed E-state index contributed by atoms with van der Waals surface area (Å²) in [6.45, 7) is 4.94. The third-order valence-corrected chi connectivity index (χ3v) is 10.1. The van der Waals surface area contributed by atoms with E-state index in [1.165, 1.54) is 24.8 Å². The molecule has 4 aliphatic rings. The van der Waals surface area contributed by atoms with Gasteiger partial charge < -0.3 is 15.1 Å². The molecule has 4 heteroatoms. The number of nitrogens with zero attached hydrogens (tertiary/aromatic N) is 1. The van der Waals surface area contributed by atoms with Gasteiger partial charge in [0.1, 0.15) is 5.75 Å². The van der Waals surface area contributed by atoms with Gasteiger partial charge in [0.25, 0.3) is 0 Å². The van der Waals surface area contributed by atoms with Crippen LogP contribution in [0.1, 0.15) is 70.8 Å². The monoisotopic (exact) mass is 449 g/mol. The minimum atomic E-state index is -0.149. The maximum atomic E-state index is 10.2. The van der Waals surface area contributed by atoms with Crippen LogP contribution in [0.3, 0.4) is 0 Å². The van der Waals surface area contributed by atoms with E-state index in [-0.39, 0.29) is 22.9 Å². The number of aliphatic hydroxyl groups excluding tert-OH is 1. The first-order chi connectivity index (χ1) is 15.9. The molecule has 0 saturated heterocycles. The van der Waals surface area contributed by atoms with E-state index in [1.54, 1.807) is 7.11 Å². The molecule has 5 rings (SSSR count). The number of fused-ring (bicyclic) bond motifs is 5. The second-order valence-electron chi connectivity index (χ2n) is 11.4. The molecule has 0 spiro atoms. The number of benzene rings is 1. The number of ether oxygens (including phenoxy) is 1. The summed E-state index contributed by atoms with van der Waals surface area (Å²) in [5.74, 6) is 3.21. The molecule has 0 heterocycles. The maximum absolute atomic E-state index is 10.2. The van der Waals surface area contributed by atoms with Crippen LogP contribution in [0.25, 0.3) is 6.08 Å². The third kappa shape index (κ3) is 3.65. The van der Waals surface area contributed by atoms with Gasteiger partial charge in [-0.2, -0.15) is 0 Å². The molecule has 33 heavy (non-hydrogen) atoms. The quantitative estimate of drug-likeness (QED) is 0.239. The van der Waals surface area contributed by atoms with Crippen molar-refractivity contribution >= 4 is 11.8 Å². The lowest BCUT2D eigenvalue weighted by atomic mass is 9.47. The summed E-state index contributed by atoms with van der Waals surface area (Å²) in [7, 11) is 1.69. The molecule has 1 aromatic rings. The highest BCUT2D eigenvalue weighted by Gasteiger charge is 2.59. The van der Waals surface area contributed by atoms with Crippen LogP contribution < -0.4 is 4.74 Å². The molecule has 4 aliphatic carbocycles. The normalized spacial score (nSPS) is 40.7. The van der Waals surface area contributed by atoms with Crippen LogP contribution in [-0.2, 0) is 0 Å². The second-order valence-corrected chi connectivity index (χ2v) is 11.4. The Morgan fingerprint density at radius 1 is 1.09 bits per heavy atom. The van der Waals surface area contributed by atoms with E-state index in [2.05, 4.69) is 25.1 Å². The minimum Gasteiger partial charge on any atom is -0.496 e. The summed E-state index contributed by atoms with van der Waals surface area (Å²) in [5.41, 5.74) is 3.77. The van der Waals surface area contributed by atoms with Gasteiger partial charge in [-0.3, -0.25) is 0 Å². The average Bonchev–Trinajstić information content (AvgIpc) is 3.17. The molecule has 3 saturated carbocycles. The molecule has 0 radical (unpaired) electrons. The zero-order chi connectivity index (χ0) is 23.2. The van der Waals surface area contributed by atoms with Gasteiger partial charge in [0, 0.05) is 11.5 Å². The van der Waals surface area contributed by atoms with E-state index in [0.717, 1.165) is 55.0 Å². The molecule has 1 unspecified atom stereocenters. The van der Waals surface area contributed by atoms with Crippen molar-refractivity contribution in [2.75, 3.05) is 7.11 Å². The van der Waals surface area contributed by atoms with Crippen molar-refractivity contribution in [1.29, 1.82) is 0 Å². The highest BCUT2D eigenvalue weighted by molar-refractivity contribution is 6.00. The first kappa shape index (κ1) is 22.7. The Balaban J connectivity index is 1.39. The van der Waals surface area contributed by atoms with Crippen molar-refractivity contribution in [2.24, 2.45) is 39.7 Å². The van der Waals surface area contributed by atoms with Gasteiger partial charge in [0.15, 0.2) is 0 Å². The van der Waals surface area contributed by atoms with Gasteiger partial charge >= 0.3 is 0 Å². The number of oxime groups is 1. The largest absolute Gasteiger partial charge is 0.496 e. The molecule has 7 atom stereocenters. The first-order valence-corrected chi connectivity index (χ1v) is 12.8. The van der Waals surface area contributed by atoms with E-state index < -0.39 is 0 Å². The predicted octanol–water partition coefficient (Wildman–Crippen LogP) is 6.48. The average molecular weight is 450 g/mol. The van der Waals surface area contributed by atoms with E-state index in [9.17, 15) is 10.3 Å². The van der Waals surface area contributed by atoms with Crippen molar-refractivity contribution in [3.63, 3.8) is 0 Å². The molecule has 1 aromatic carbocycles. The minimum absolute atomic E-state index is 0.149. The fourth-order valence-electron chi connectivity index (χ4n) is 8.33. The smallest absolute Gasteiger partial charge is 0.126 e. The SMILES string of the molecule is COc1ccccc1/C=C/C(=N/O)[C@H]1CC[C@H]2[C@@H]3CC=C4CC(O)CC[C@]4(C)[C@H]3CC[C@]12C. The number of hydrogen-bond acceptors (Lipinski definition) is 4. The maximum Gasteiger partial charge on any atom is 0.126 e. The molecule has 0 bridgehead atoms. The van der Waals surface area contributed by atoms with Crippen molar-refractivity contribution in [1.82, 2.24) is 0 Å². The van der Waals surface area contributed by atoms with Crippen molar-refractivity contribution in [3.8, 4) is 5.75 Å². The number of hydrogen-bond donors (Lipinski definition) is 2. The van der Waals surface area contributed by atoms with Gasteiger partial charge in [0.2, 0.25) is 0 Å². The van der Waals surface area contributed by atoms with Crippen LogP contribution in [-0.4, -0.2) is 29.2 Å². The Labute approximate surface area is 198 Å². The predicted molar refractivity (Wildman–Crippen MR) is 132 cm³/mol. The Kier molecular flexibility index (Phi) is 5.93. The molecule has 2 N–H and O–H groups in total. The summed E-state index contributed by atoms with van der Waals surface area (Å²) >= 11 is 0. The van der Waals surface area contributed by atoms with E-state index >= 15 is 0 Å². The number of aliphatic hydroxyl groups is 1. The van der Waals surface area contributed by atoms with Crippen LogP contribution in [0.4, 0.5) is 0 Å². The van der Waals surface area contributed by atoms with Gasteiger partial charge in [-0.1, -0.05) is 48.9 Å². The van der Waals surface area contributed by atoms with E-state index in [1.807, 2.05) is 36.4 Å². The highest BCUT2D eigenvalue weighted by atomic mass is 16.5. The van der Waals surface area contributed by atoms with Crippen molar-refractivity contribution in [3.05, 3.63) is 47.6 Å². The van der Waals surface area contributed by atoms with E-state index in [4.69, 9.17) is 4.74 Å². The number of rotatable bonds is 4. The topological polar surface area (TPSA) is 62.0 Å². The first-order valence-electron chi connectivity index (χ1n) is 12.8. The number of methoxy groups -OCH3 is 1. The Bertz CT molecular complexity index is 981. The fourth-order valence-corrected chi connectivity index (χ4v) is 8.33.